The van der Waals surface area contributed by atoms with Crippen molar-refractivity contribution in [3.8, 4) is 0 Å². The lowest BCUT2D eigenvalue weighted by Crippen LogP contribution is -2.33. The molecular weight excluding hydrogens is 232 g/mol. The summed E-state index contributed by atoms with van der Waals surface area (Å²) in [6.45, 7) is 9.79. The number of nitrogens with two attached hydrogens (primary N) is 1. The summed E-state index contributed by atoms with van der Waals surface area (Å²) < 4.78 is 0. The van der Waals surface area contributed by atoms with Crippen LogP contribution in [-0.2, 0) is 5.41 Å². The standard InChI is InChI=1S/C17H28N2/c1-12-6-7-13(16(2,3)4)10-14(12)15(19-5)17(11-18)8-9-17/h6-7,10,15,19H,8-9,11,18H2,1-5H3. The molecule has 2 nitrogen and oxygen atoms in total. The molecule has 1 aromatic rings. The lowest BCUT2D eigenvalue weighted by atomic mass is 9.81. The Balaban J connectivity index is 2.43. The Labute approximate surface area is 117 Å². The molecule has 0 radical (unpaired) electrons. The maximum absolute atomic E-state index is 6.02. The Bertz CT molecular complexity index is 453. The largest absolute Gasteiger partial charge is 0.330 e. The minimum atomic E-state index is 0.195. The van der Waals surface area contributed by atoms with Gasteiger partial charge in [0.1, 0.15) is 0 Å². The zero-order valence-corrected chi connectivity index (χ0v) is 13.0. The van der Waals surface area contributed by atoms with Crippen LogP contribution in [0.3, 0.4) is 0 Å². The Morgan fingerprint density at radius 1 is 1.32 bits per heavy atom. The molecule has 0 spiro atoms. The highest BCUT2D eigenvalue weighted by Crippen LogP contribution is 2.54. The molecule has 0 aliphatic heterocycles. The average Bonchev–Trinajstić information content (AvgIpc) is 3.12. The van der Waals surface area contributed by atoms with Crippen LogP contribution < -0.4 is 11.1 Å². The van der Waals surface area contributed by atoms with Gasteiger partial charge < -0.3 is 11.1 Å². The molecule has 1 fully saturated rings. The van der Waals surface area contributed by atoms with Crippen molar-refractivity contribution in [2.45, 2.75) is 52.0 Å². The third-order valence-corrected chi connectivity index (χ3v) is 4.66. The van der Waals surface area contributed by atoms with Gasteiger partial charge in [0.2, 0.25) is 0 Å². The van der Waals surface area contributed by atoms with Crippen LogP contribution in [0.25, 0.3) is 0 Å². The number of aryl methyl sites for hydroxylation is 1. The Hall–Kier alpha value is -0.860. The van der Waals surface area contributed by atoms with Crippen molar-refractivity contribution >= 4 is 0 Å². The molecule has 106 valence electrons. The van der Waals surface area contributed by atoms with Gasteiger partial charge in [0.05, 0.1) is 0 Å². The lowest BCUT2D eigenvalue weighted by Gasteiger charge is -2.29. The normalized spacial score (nSPS) is 19.3. The van der Waals surface area contributed by atoms with Crippen LogP contribution >= 0.6 is 0 Å². The van der Waals surface area contributed by atoms with Crippen LogP contribution in [-0.4, -0.2) is 13.6 Å². The molecule has 0 bridgehead atoms. The van der Waals surface area contributed by atoms with Gasteiger partial charge in [0.25, 0.3) is 0 Å². The van der Waals surface area contributed by atoms with Gasteiger partial charge in [0.15, 0.2) is 0 Å². The zero-order valence-electron chi connectivity index (χ0n) is 13.0. The highest BCUT2D eigenvalue weighted by atomic mass is 14.9. The van der Waals surface area contributed by atoms with E-state index in [2.05, 4.69) is 58.3 Å². The van der Waals surface area contributed by atoms with E-state index >= 15 is 0 Å². The summed E-state index contributed by atoms with van der Waals surface area (Å²) in [7, 11) is 2.06. The predicted molar refractivity (Wildman–Crippen MR) is 82.4 cm³/mol. The first-order chi connectivity index (χ1) is 8.84. The first-order valence-corrected chi connectivity index (χ1v) is 7.32. The number of hydrogen-bond acceptors (Lipinski definition) is 2. The lowest BCUT2D eigenvalue weighted by molar-refractivity contribution is 0.365. The maximum atomic E-state index is 6.02. The molecule has 1 aromatic carbocycles. The van der Waals surface area contributed by atoms with Gasteiger partial charge in [-0.1, -0.05) is 39.0 Å². The van der Waals surface area contributed by atoms with E-state index < -0.39 is 0 Å². The fraction of sp³-hybridized carbons (Fsp3) is 0.647. The second kappa shape index (κ2) is 4.92. The van der Waals surface area contributed by atoms with E-state index in [1.54, 1.807) is 0 Å². The smallest absolute Gasteiger partial charge is 0.0389 e. The molecule has 1 saturated carbocycles. The van der Waals surface area contributed by atoms with Crippen LogP contribution in [0.2, 0.25) is 0 Å². The molecule has 2 rings (SSSR count). The number of nitrogens with one attached hydrogen (secondary N) is 1. The molecule has 19 heavy (non-hydrogen) atoms. The van der Waals surface area contributed by atoms with Crippen molar-refractivity contribution in [3.05, 3.63) is 34.9 Å². The summed E-state index contributed by atoms with van der Waals surface area (Å²) >= 11 is 0. The van der Waals surface area contributed by atoms with Gasteiger partial charge in [-0.2, -0.15) is 0 Å². The SMILES string of the molecule is CNC(c1cc(C(C)(C)C)ccc1C)C1(CN)CC1. The van der Waals surface area contributed by atoms with E-state index in [-0.39, 0.29) is 10.8 Å². The fourth-order valence-corrected chi connectivity index (χ4v) is 2.98. The van der Waals surface area contributed by atoms with Gasteiger partial charge >= 0.3 is 0 Å². The molecular formula is C17H28N2. The quantitative estimate of drug-likeness (QED) is 0.872. The van der Waals surface area contributed by atoms with Crippen LogP contribution in [0.1, 0.15) is 56.3 Å². The monoisotopic (exact) mass is 260 g/mol. The first kappa shape index (κ1) is 14.5. The second-order valence-electron chi connectivity index (χ2n) is 7.11. The molecule has 1 unspecified atom stereocenters. The van der Waals surface area contributed by atoms with Crippen LogP contribution in [0.4, 0.5) is 0 Å². The number of benzene rings is 1. The molecule has 3 N–H and O–H groups in total. The topological polar surface area (TPSA) is 38.0 Å². The Morgan fingerprint density at radius 2 is 1.95 bits per heavy atom. The van der Waals surface area contributed by atoms with Crippen molar-refractivity contribution in [2.75, 3.05) is 13.6 Å². The van der Waals surface area contributed by atoms with E-state index in [1.807, 2.05) is 0 Å². The van der Waals surface area contributed by atoms with Gasteiger partial charge in [-0.15, -0.1) is 0 Å². The molecule has 0 amide bonds. The van der Waals surface area contributed by atoms with Gasteiger partial charge in [-0.25, -0.2) is 0 Å². The predicted octanol–water partition coefficient (Wildman–Crippen LogP) is 3.29. The first-order valence-electron chi connectivity index (χ1n) is 7.32. The summed E-state index contributed by atoms with van der Waals surface area (Å²) in [5.41, 5.74) is 10.7. The summed E-state index contributed by atoms with van der Waals surface area (Å²) in [6, 6.07) is 7.28. The number of rotatable bonds is 4. The van der Waals surface area contributed by atoms with Gasteiger partial charge in [0, 0.05) is 11.5 Å². The van der Waals surface area contributed by atoms with E-state index in [0.717, 1.165) is 6.54 Å². The molecule has 1 aliphatic carbocycles. The highest BCUT2D eigenvalue weighted by molar-refractivity contribution is 5.38. The summed E-state index contributed by atoms with van der Waals surface area (Å²) in [5.74, 6) is 0. The van der Waals surface area contributed by atoms with Crippen molar-refractivity contribution < 1.29 is 0 Å². The molecule has 2 heteroatoms. The summed E-state index contributed by atoms with van der Waals surface area (Å²) in [6.07, 6.45) is 2.49. The van der Waals surface area contributed by atoms with Gasteiger partial charge in [-0.3, -0.25) is 0 Å². The number of hydrogen-bond donors (Lipinski definition) is 2. The minimum Gasteiger partial charge on any atom is -0.330 e. The third-order valence-electron chi connectivity index (χ3n) is 4.66. The van der Waals surface area contributed by atoms with Crippen LogP contribution in [0.15, 0.2) is 18.2 Å². The van der Waals surface area contributed by atoms with E-state index in [0.29, 0.717) is 6.04 Å². The average molecular weight is 260 g/mol. The van der Waals surface area contributed by atoms with Crippen molar-refractivity contribution in [1.82, 2.24) is 5.32 Å². The van der Waals surface area contributed by atoms with E-state index in [1.165, 1.54) is 29.5 Å². The van der Waals surface area contributed by atoms with Crippen molar-refractivity contribution in [3.63, 3.8) is 0 Å². The Kier molecular flexibility index (Phi) is 3.76. The minimum absolute atomic E-state index is 0.195. The van der Waals surface area contributed by atoms with Crippen LogP contribution in [0.5, 0.6) is 0 Å². The highest BCUT2D eigenvalue weighted by Gasteiger charge is 2.48. The summed E-state index contributed by atoms with van der Waals surface area (Å²) in [4.78, 5) is 0. The summed E-state index contributed by atoms with van der Waals surface area (Å²) in [5, 5.41) is 3.51. The van der Waals surface area contributed by atoms with E-state index in [9.17, 15) is 0 Å². The van der Waals surface area contributed by atoms with Crippen LogP contribution in [0, 0.1) is 12.3 Å². The van der Waals surface area contributed by atoms with Gasteiger partial charge in [-0.05, 0) is 55.5 Å². The molecule has 1 atom stereocenters. The molecule has 1 aliphatic rings. The zero-order chi connectivity index (χ0) is 14.3. The Morgan fingerprint density at radius 3 is 2.37 bits per heavy atom. The maximum Gasteiger partial charge on any atom is 0.0389 e. The van der Waals surface area contributed by atoms with Crippen molar-refractivity contribution in [2.24, 2.45) is 11.1 Å². The molecule has 0 aromatic heterocycles. The third kappa shape index (κ3) is 2.70. The van der Waals surface area contributed by atoms with E-state index in [4.69, 9.17) is 5.73 Å². The molecule has 0 saturated heterocycles. The second-order valence-corrected chi connectivity index (χ2v) is 7.11. The van der Waals surface area contributed by atoms with Crippen molar-refractivity contribution in [1.29, 1.82) is 0 Å². The fourth-order valence-electron chi connectivity index (χ4n) is 2.98. The molecule has 0 heterocycles.